The summed E-state index contributed by atoms with van der Waals surface area (Å²) < 4.78 is 0. The van der Waals surface area contributed by atoms with Gasteiger partial charge in [0.2, 0.25) is 5.91 Å². The van der Waals surface area contributed by atoms with E-state index in [-0.39, 0.29) is 11.8 Å². The van der Waals surface area contributed by atoms with Gasteiger partial charge < -0.3 is 10.2 Å². The number of fused-ring (bicyclic) bond motifs is 1. The van der Waals surface area contributed by atoms with E-state index in [0.29, 0.717) is 19.0 Å². The van der Waals surface area contributed by atoms with Crippen molar-refractivity contribution in [3.05, 3.63) is 21.4 Å². The molecule has 4 nitrogen and oxygen atoms in total. The van der Waals surface area contributed by atoms with E-state index in [1.54, 1.807) is 16.2 Å². The van der Waals surface area contributed by atoms with E-state index in [9.17, 15) is 9.59 Å². The van der Waals surface area contributed by atoms with Crippen molar-refractivity contribution in [1.29, 1.82) is 0 Å². The number of carbonyl (C=O) groups excluding carboxylic acids is 2. The number of rotatable bonds is 1. The van der Waals surface area contributed by atoms with Gasteiger partial charge in [-0.1, -0.05) is 6.92 Å². The first-order valence-electron chi connectivity index (χ1n) is 7.60. The fraction of sp³-hybridized carbons (Fsp3) is 0.625. The Bertz CT molecular complexity index is 591. The van der Waals surface area contributed by atoms with Gasteiger partial charge in [0.05, 0.1) is 5.56 Å². The van der Waals surface area contributed by atoms with Crippen LogP contribution in [0.4, 0.5) is 0 Å². The highest BCUT2D eigenvalue weighted by Gasteiger charge is 2.41. The maximum Gasteiger partial charge on any atom is 0.255 e. The zero-order valence-corrected chi connectivity index (χ0v) is 13.7. The van der Waals surface area contributed by atoms with Crippen LogP contribution < -0.4 is 5.32 Å². The third kappa shape index (κ3) is 2.37. The Labute approximate surface area is 129 Å². The number of thiophene rings is 1. The van der Waals surface area contributed by atoms with Crippen LogP contribution in [0.2, 0.25) is 0 Å². The first-order chi connectivity index (χ1) is 9.91. The lowest BCUT2D eigenvalue weighted by Crippen LogP contribution is -2.63. The second-order valence-electron chi connectivity index (χ2n) is 6.67. The standard InChI is InChI=1S/C16H22N2O2S/c1-10-4-5-11-12(9-21-13(11)8-10)14(19)18-7-6-17-15(20)16(18,2)3/h9-10H,4-8H2,1-3H3,(H,17,20). The highest BCUT2D eigenvalue weighted by molar-refractivity contribution is 7.10. The first-order valence-corrected chi connectivity index (χ1v) is 8.48. The number of amides is 2. The van der Waals surface area contributed by atoms with Crippen molar-refractivity contribution >= 4 is 23.2 Å². The third-order valence-corrected chi connectivity index (χ3v) is 5.78. The molecule has 1 aliphatic heterocycles. The van der Waals surface area contributed by atoms with E-state index in [0.717, 1.165) is 24.8 Å². The molecule has 2 amide bonds. The summed E-state index contributed by atoms with van der Waals surface area (Å²) in [6, 6.07) is 0. The van der Waals surface area contributed by atoms with Gasteiger partial charge in [-0.3, -0.25) is 9.59 Å². The van der Waals surface area contributed by atoms with Crippen LogP contribution in [0.3, 0.4) is 0 Å². The lowest BCUT2D eigenvalue weighted by Gasteiger charge is -2.41. The molecule has 1 N–H and O–H groups in total. The van der Waals surface area contributed by atoms with Crippen molar-refractivity contribution < 1.29 is 9.59 Å². The first kappa shape index (κ1) is 14.6. The lowest BCUT2D eigenvalue weighted by molar-refractivity contribution is -0.133. The Balaban J connectivity index is 1.91. The molecule has 5 heteroatoms. The van der Waals surface area contributed by atoms with Crippen LogP contribution in [0.15, 0.2) is 5.38 Å². The molecule has 0 saturated carbocycles. The van der Waals surface area contributed by atoms with Crippen LogP contribution in [-0.4, -0.2) is 35.3 Å². The van der Waals surface area contributed by atoms with Gasteiger partial charge in [0.15, 0.2) is 0 Å². The largest absolute Gasteiger partial charge is 0.352 e. The van der Waals surface area contributed by atoms with E-state index < -0.39 is 5.54 Å². The SMILES string of the molecule is CC1CCc2c(C(=O)N3CCNC(=O)C3(C)C)csc2C1. The van der Waals surface area contributed by atoms with Gasteiger partial charge in [-0.15, -0.1) is 11.3 Å². The molecule has 1 atom stereocenters. The Hall–Kier alpha value is -1.36. The number of carbonyl (C=O) groups is 2. The second-order valence-corrected chi connectivity index (χ2v) is 7.63. The van der Waals surface area contributed by atoms with Gasteiger partial charge in [0, 0.05) is 23.3 Å². The molecule has 1 unspecified atom stereocenters. The monoisotopic (exact) mass is 306 g/mol. The zero-order chi connectivity index (χ0) is 15.2. The number of piperazine rings is 1. The quantitative estimate of drug-likeness (QED) is 0.865. The normalized spacial score (nSPS) is 24.4. The van der Waals surface area contributed by atoms with Crippen LogP contribution in [0.5, 0.6) is 0 Å². The summed E-state index contributed by atoms with van der Waals surface area (Å²) >= 11 is 1.70. The Morgan fingerprint density at radius 2 is 2.24 bits per heavy atom. The van der Waals surface area contributed by atoms with Crippen LogP contribution in [0, 0.1) is 5.92 Å². The number of hydrogen-bond acceptors (Lipinski definition) is 3. The predicted octanol–water partition coefficient (Wildman–Crippen LogP) is 2.22. The van der Waals surface area contributed by atoms with Gasteiger partial charge in [-0.25, -0.2) is 0 Å². The van der Waals surface area contributed by atoms with Crippen LogP contribution in [0.25, 0.3) is 0 Å². The molecule has 1 aromatic rings. The Kier molecular flexibility index (Phi) is 3.56. The van der Waals surface area contributed by atoms with Gasteiger partial charge in [0.1, 0.15) is 5.54 Å². The molecule has 0 radical (unpaired) electrons. The van der Waals surface area contributed by atoms with Crippen molar-refractivity contribution in [2.75, 3.05) is 13.1 Å². The van der Waals surface area contributed by atoms with Gasteiger partial charge in [-0.05, 0) is 44.6 Å². The number of nitrogens with zero attached hydrogens (tertiary/aromatic N) is 1. The molecule has 21 heavy (non-hydrogen) atoms. The van der Waals surface area contributed by atoms with Crippen molar-refractivity contribution in [2.45, 2.75) is 45.6 Å². The molecule has 1 saturated heterocycles. The van der Waals surface area contributed by atoms with Crippen molar-refractivity contribution in [1.82, 2.24) is 10.2 Å². The average molecular weight is 306 g/mol. The van der Waals surface area contributed by atoms with Crippen molar-refractivity contribution in [3.63, 3.8) is 0 Å². The van der Waals surface area contributed by atoms with Crippen LogP contribution >= 0.6 is 11.3 Å². The molecule has 0 bridgehead atoms. The minimum atomic E-state index is -0.772. The summed E-state index contributed by atoms with van der Waals surface area (Å²) in [6.45, 7) is 7.03. The lowest BCUT2D eigenvalue weighted by atomic mass is 9.88. The number of hydrogen-bond donors (Lipinski definition) is 1. The Morgan fingerprint density at radius 3 is 3.00 bits per heavy atom. The van der Waals surface area contributed by atoms with Gasteiger partial charge in [-0.2, -0.15) is 0 Å². The smallest absolute Gasteiger partial charge is 0.255 e. The van der Waals surface area contributed by atoms with Crippen molar-refractivity contribution in [3.8, 4) is 0 Å². The molecule has 2 aliphatic rings. The molecule has 1 aromatic heterocycles. The summed E-state index contributed by atoms with van der Waals surface area (Å²) in [4.78, 5) is 28.0. The molecule has 2 heterocycles. The van der Waals surface area contributed by atoms with Crippen LogP contribution in [-0.2, 0) is 17.6 Å². The van der Waals surface area contributed by atoms with Gasteiger partial charge >= 0.3 is 0 Å². The summed E-state index contributed by atoms with van der Waals surface area (Å²) in [5, 5.41) is 4.83. The van der Waals surface area contributed by atoms with E-state index in [1.807, 2.05) is 19.2 Å². The molecular formula is C16H22N2O2S. The summed E-state index contributed by atoms with van der Waals surface area (Å²) in [5.74, 6) is 0.651. The maximum atomic E-state index is 12.9. The highest BCUT2D eigenvalue weighted by Crippen LogP contribution is 2.34. The van der Waals surface area contributed by atoms with E-state index in [2.05, 4.69) is 12.2 Å². The summed E-state index contributed by atoms with van der Waals surface area (Å²) in [5.41, 5.74) is 1.28. The molecular weight excluding hydrogens is 284 g/mol. The highest BCUT2D eigenvalue weighted by atomic mass is 32.1. The minimum absolute atomic E-state index is 0.0157. The molecule has 3 rings (SSSR count). The maximum absolute atomic E-state index is 12.9. The molecule has 114 valence electrons. The molecule has 0 spiro atoms. The predicted molar refractivity (Wildman–Crippen MR) is 83.6 cm³/mol. The van der Waals surface area contributed by atoms with Crippen molar-refractivity contribution in [2.24, 2.45) is 5.92 Å². The molecule has 0 aromatic carbocycles. The van der Waals surface area contributed by atoms with E-state index >= 15 is 0 Å². The average Bonchev–Trinajstić information content (AvgIpc) is 2.84. The third-order valence-electron chi connectivity index (χ3n) is 4.73. The minimum Gasteiger partial charge on any atom is -0.352 e. The summed E-state index contributed by atoms with van der Waals surface area (Å²) in [7, 11) is 0. The Morgan fingerprint density at radius 1 is 1.48 bits per heavy atom. The van der Waals surface area contributed by atoms with E-state index in [4.69, 9.17) is 0 Å². The number of nitrogens with one attached hydrogen (secondary N) is 1. The fourth-order valence-corrected chi connectivity index (χ4v) is 4.50. The van der Waals surface area contributed by atoms with Gasteiger partial charge in [0.25, 0.3) is 5.91 Å². The van der Waals surface area contributed by atoms with Crippen LogP contribution in [0.1, 0.15) is 48.0 Å². The molecule has 1 aliphatic carbocycles. The molecule has 1 fully saturated rings. The second kappa shape index (κ2) is 5.13. The fourth-order valence-electron chi connectivity index (χ4n) is 3.26. The zero-order valence-electron chi connectivity index (χ0n) is 12.9. The topological polar surface area (TPSA) is 49.4 Å². The van der Waals surface area contributed by atoms with E-state index in [1.165, 1.54) is 10.4 Å². The summed E-state index contributed by atoms with van der Waals surface area (Å²) in [6.07, 6.45) is 3.21.